The first kappa shape index (κ1) is 11.6. The molecule has 6 nitrogen and oxygen atoms in total. The maximum absolute atomic E-state index is 12.1. The van der Waals surface area contributed by atoms with E-state index in [1.165, 1.54) is 16.6 Å². The summed E-state index contributed by atoms with van der Waals surface area (Å²) in [6.45, 7) is 1.24. The van der Waals surface area contributed by atoms with Crippen molar-refractivity contribution >= 4 is 10.0 Å². The van der Waals surface area contributed by atoms with Crippen molar-refractivity contribution in [2.75, 3.05) is 20.3 Å². The minimum atomic E-state index is -3.44. The van der Waals surface area contributed by atoms with Crippen LogP contribution < -0.4 is 0 Å². The molecular weight excluding hydrogens is 230 g/mol. The van der Waals surface area contributed by atoms with E-state index in [1.807, 2.05) is 0 Å². The van der Waals surface area contributed by atoms with E-state index in [1.54, 1.807) is 7.05 Å². The summed E-state index contributed by atoms with van der Waals surface area (Å²) in [4.78, 5) is 0. The number of rotatable bonds is 3. The predicted octanol–water partition coefficient (Wildman–Crippen LogP) is 0.209. The summed E-state index contributed by atoms with van der Waals surface area (Å²) in [6.07, 6.45) is 2.92. The minimum Gasteiger partial charge on any atom is -0.381 e. The molecule has 7 heteroatoms. The fourth-order valence-corrected chi connectivity index (χ4v) is 3.10. The molecule has 0 amide bonds. The van der Waals surface area contributed by atoms with Crippen molar-refractivity contribution in [3.8, 4) is 0 Å². The summed E-state index contributed by atoms with van der Waals surface area (Å²) in [5.74, 6) is 0. The fourth-order valence-electron chi connectivity index (χ4n) is 1.79. The molecule has 1 aliphatic rings. The van der Waals surface area contributed by atoms with E-state index < -0.39 is 10.0 Å². The van der Waals surface area contributed by atoms with Gasteiger partial charge in [0.1, 0.15) is 0 Å². The van der Waals surface area contributed by atoms with Gasteiger partial charge < -0.3 is 4.74 Å². The maximum Gasteiger partial charge on any atom is 0.259 e. The van der Waals surface area contributed by atoms with Crippen molar-refractivity contribution < 1.29 is 13.2 Å². The SMILES string of the molecule is CN(C1CCOCC1)S(=O)(=O)c1ccn[nH]1. The van der Waals surface area contributed by atoms with Crippen LogP contribution in [0.4, 0.5) is 0 Å². The van der Waals surface area contributed by atoms with Crippen molar-refractivity contribution in [3.63, 3.8) is 0 Å². The number of ether oxygens (including phenoxy) is 1. The zero-order valence-corrected chi connectivity index (χ0v) is 9.90. The third kappa shape index (κ3) is 2.11. The third-order valence-corrected chi connectivity index (χ3v) is 4.68. The Morgan fingerprint density at radius 1 is 1.50 bits per heavy atom. The topological polar surface area (TPSA) is 75.3 Å². The number of nitrogens with one attached hydrogen (secondary N) is 1. The quantitative estimate of drug-likeness (QED) is 0.826. The summed E-state index contributed by atoms with van der Waals surface area (Å²) >= 11 is 0. The Hall–Kier alpha value is -0.920. The van der Waals surface area contributed by atoms with Crippen LogP contribution in [0.2, 0.25) is 0 Å². The zero-order valence-electron chi connectivity index (χ0n) is 9.09. The van der Waals surface area contributed by atoms with Gasteiger partial charge in [0, 0.05) is 26.3 Å². The number of hydrogen-bond acceptors (Lipinski definition) is 4. The summed E-state index contributed by atoms with van der Waals surface area (Å²) in [5.41, 5.74) is 0. The van der Waals surface area contributed by atoms with Crippen molar-refractivity contribution in [1.29, 1.82) is 0 Å². The lowest BCUT2D eigenvalue weighted by atomic mass is 10.1. The molecular formula is C9H15N3O3S. The molecule has 1 saturated heterocycles. The highest BCUT2D eigenvalue weighted by atomic mass is 32.2. The first-order chi connectivity index (χ1) is 7.62. The van der Waals surface area contributed by atoms with Crippen LogP contribution in [0.25, 0.3) is 0 Å². The van der Waals surface area contributed by atoms with Crippen LogP contribution in [0.5, 0.6) is 0 Å². The molecule has 16 heavy (non-hydrogen) atoms. The van der Waals surface area contributed by atoms with Gasteiger partial charge in [-0.1, -0.05) is 0 Å². The van der Waals surface area contributed by atoms with Crippen LogP contribution in [-0.2, 0) is 14.8 Å². The van der Waals surface area contributed by atoms with E-state index in [4.69, 9.17) is 4.74 Å². The molecule has 2 rings (SSSR count). The third-order valence-electron chi connectivity index (χ3n) is 2.84. The predicted molar refractivity (Wildman–Crippen MR) is 57.4 cm³/mol. The van der Waals surface area contributed by atoms with Gasteiger partial charge in [0.25, 0.3) is 10.0 Å². The van der Waals surface area contributed by atoms with Crippen molar-refractivity contribution in [2.45, 2.75) is 23.9 Å². The van der Waals surface area contributed by atoms with Crippen LogP contribution in [0.15, 0.2) is 17.3 Å². The maximum atomic E-state index is 12.1. The van der Waals surface area contributed by atoms with Gasteiger partial charge in [0.15, 0.2) is 5.03 Å². The highest BCUT2D eigenvalue weighted by Crippen LogP contribution is 2.19. The molecule has 1 N–H and O–H groups in total. The van der Waals surface area contributed by atoms with Crippen molar-refractivity contribution in [1.82, 2.24) is 14.5 Å². The van der Waals surface area contributed by atoms with E-state index in [2.05, 4.69) is 10.2 Å². The lowest BCUT2D eigenvalue weighted by molar-refractivity contribution is 0.0631. The molecule has 1 fully saturated rings. The highest BCUT2D eigenvalue weighted by Gasteiger charge is 2.29. The molecule has 0 bridgehead atoms. The summed E-state index contributed by atoms with van der Waals surface area (Å²) in [6, 6.07) is 1.48. The molecule has 0 spiro atoms. The molecule has 1 aromatic rings. The Kier molecular flexibility index (Phi) is 3.27. The van der Waals surface area contributed by atoms with E-state index >= 15 is 0 Å². The molecule has 0 aromatic carbocycles. The number of sulfonamides is 1. The number of hydrogen-bond donors (Lipinski definition) is 1. The molecule has 2 heterocycles. The van der Waals surface area contributed by atoms with Gasteiger partial charge in [0.2, 0.25) is 0 Å². The Bertz CT molecular complexity index is 423. The van der Waals surface area contributed by atoms with Gasteiger partial charge in [-0.3, -0.25) is 5.10 Å². The monoisotopic (exact) mass is 245 g/mol. The number of nitrogens with zero attached hydrogens (tertiary/aromatic N) is 2. The Morgan fingerprint density at radius 2 is 2.19 bits per heavy atom. The molecule has 90 valence electrons. The smallest absolute Gasteiger partial charge is 0.259 e. The Morgan fingerprint density at radius 3 is 2.75 bits per heavy atom. The molecule has 1 aromatic heterocycles. The van der Waals surface area contributed by atoms with Gasteiger partial charge in [-0.05, 0) is 18.9 Å². The fraction of sp³-hybridized carbons (Fsp3) is 0.667. The van der Waals surface area contributed by atoms with Gasteiger partial charge in [-0.15, -0.1) is 0 Å². The molecule has 1 aliphatic heterocycles. The first-order valence-electron chi connectivity index (χ1n) is 5.17. The Labute approximate surface area is 94.6 Å². The van der Waals surface area contributed by atoms with Gasteiger partial charge >= 0.3 is 0 Å². The van der Waals surface area contributed by atoms with E-state index in [9.17, 15) is 8.42 Å². The zero-order chi connectivity index (χ0) is 11.6. The largest absolute Gasteiger partial charge is 0.381 e. The summed E-state index contributed by atoms with van der Waals surface area (Å²) in [5, 5.41) is 6.29. The second kappa shape index (κ2) is 4.52. The minimum absolute atomic E-state index is 0.0158. The van der Waals surface area contributed by atoms with Crippen LogP contribution in [0.3, 0.4) is 0 Å². The molecule has 0 aliphatic carbocycles. The number of aromatic amines is 1. The van der Waals surface area contributed by atoms with Gasteiger partial charge in [0.05, 0.1) is 6.20 Å². The average Bonchev–Trinajstić information content (AvgIpc) is 2.83. The van der Waals surface area contributed by atoms with Gasteiger partial charge in [-0.25, -0.2) is 8.42 Å². The van der Waals surface area contributed by atoms with Gasteiger partial charge in [-0.2, -0.15) is 9.40 Å². The molecule has 0 unspecified atom stereocenters. The summed E-state index contributed by atoms with van der Waals surface area (Å²) < 4.78 is 30.8. The van der Waals surface area contributed by atoms with Crippen molar-refractivity contribution in [2.24, 2.45) is 0 Å². The second-order valence-electron chi connectivity index (χ2n) is 3.79. The normalized spacial score (nSPS) is 19.1. The van der Waals surface area contributed by atoms with Crippen LogP contribution in [0, 0.1) is 0 Å². The lowest BCUT2D eigenvalue weighted by Crippen LogP contribution is -2.40. The highest BCUT2D eigenvalue weighted by molar-refractivity contribution is 7.89. The first-order valence-corrected chi connectivity index (χ1v) is 6.61. The molecule has 0 atom stereocenters. The standard InChI is InChI=1S/C9H15N3O3S/c1-12(8-3-6-15-7-4-8)16(13,14)9-2-5-10-11-9/h2,5,8H,3-4,6-7H2,1H3,(H,10,11). The van der Waals surface area contributed by atoms with E-state index in [0.29, 0.717) is 13.2 Å². The van der Waals surface area contributed by atoms with Crippen LogP contribution in [0.1, 0.15) is 12.8 Å². The number of H-pyrrole nitrogens is 1. The Balaban J connectivity index is 2.17. The second-order valence-corrected chi connectivity index (χ2v) is 5.75. The number of aromatic nitrogens is 2. The average molecular weight is 245 g/mol. The van der Waals surface area contributed by atoms with E-state index in [-0.39, 0.29) is 11.1 Å². The molecule has 0 saturated carbocycles. The summed E-state index contributed by atoms with van der Waals surface area (Å²) in [7, 11) is -1.83. The van der Waals surface area contributed by atoms with Crippen LogP contribution in [-0.4, -0.2) is 49.2 Å². The lowest BCUT2D eigenvalue weighted by Gasteiger charge is -2.29. The van der Waals surface area contributed by atoms with Crippen molar-refractivity contribution in [3.05, 3.63) is 12.3 Å². The molecule has 0 radical (unpaired) electrons. The van der Waals surface area contributed by atoms with Crippen LogP contribution >= 0.6 is 0 Å². The van der Waals surface area contributed by atoms with E-state index in [0.717, 1.165) is 12.8 Å².